The molecule has 36 heavy (non-hydrogen) atoms. The van der Waals surface area contributed by atoms with Gasteiger partial charge in [0.2, 0.25) is 5.88 Å². The summed E-state index contributed by atoms with van der Waals surface area (Å²) in [7, 11) is 0. The summed E-state index contributed by atoms with van der Waals surface area (Å²) >= 11 is 0. The maximum Gasteiger partial charge on any atom is 0.416 e. The summed E-state index contributed by atoms with van der Waals surface area (Å²) < 4.78 is 44.7. The van der Waals surface area contributed by atoms with E-state index in [1.54, 1.807) is 48.5 Å². The lowest BCUT2D eigenvalue weighted by Gasteiger charge is -2.14. The van der Waals surface area contributed by atoms with Crippen molar-refractivity contribution in [3.8, 4) is 17.3 Å². The summed E-state index contributed by atoms with van der Waals surface area (Å²) in [4.78, 5) is 25.2. The molecule has 2 N–H and O–H groups in total. The number of pyridine rings is 1. The lowest BCUT2D eigenvalue weighted by molar-refractivity contribution is -0.137. The van der Waals surface area contributed by atoms with Crippen molar-refractivity contribution in [1.82, 2.24) is 9.99 Å². The normalized spacial score (nSPS) is 11.7. The van der Waals surface area contributed by atoms with Crippen molar-refractivity contribution < 1.29 is 27.8 Å². The highest BCUT2D eigenvalue weighted by molar-refractivity contribution is 6.02. The van der Waals surface area contributed by atoms with Crippen LogP contribution in [-0.2, 0) is 11.0 Å². The van der Waals surface area contributed by atoms with E-state index in [0.29, 0.717) is 16.5 Å². The van der Waals surface area contributed by atoms with Gasteiger partial charge in [0.1, 0.15) is 5.75 Å². The zero-order chi connectivity index (χ0) is 25.9. The molecule has 3 aromatic carbocycles. The predicted molar refractivity (Wildman–Crippen MR) is 129 cm³/mol. The van der Waals surface area contributed by atoms with Gasteiger partial charge in [-0.1, -0.05) is 42.0 Å². The van der Waals surface area contributed by atoms with Gasteiger partial charge in [0.05, 0.1) is 23.0 Å². The molecule has 4 rings (SSSR count). The molecule has 0 saturated heterocycles. The molecule has 0 aliphatic carbocycles. The highest BCUT2D eigenvalue weighted by Gasteiger charge is 2.30. The number of rotatable bonds is 6. The number of hydrazone groups is 1. The first kappa shape index (κ1) is 24.5. The van der Waals surface area contributed by atoms with Crippen molar-refractivity contribution in [3.05, 3.63) is 99.8 Å². The molecule has 10 heteroatoms. The van der Waals surface area contributed by atoms with Gasteiger partial charge in [-0.05, 0) is 43.3 Å². The Morgan fingerprint density at radius 2 is 1.75 bits per heavy atom. The van der Waals surface area contributed by atoms with Crippen LogP contribution >= 0.6 is 0 Å². The van der Waals surface area contributed by atoms with Crippen LogP contribution in [0.25, 0.3) is 16.5 Å². The van der Waals surface area contributed by atoms with E-state index in [9.17, 15) is 27.9 Å². The number of nitrogens with one attached hydrogen (secondary N) is 1. The number of fused-ring (bicyclic) bond motifs is 1. The van der Waals surface area contributed by atoms with Gasteiger partial charge < -0.3 is 9.84 Å². The maximum atomic E-state index is 13.1. The summed E-state index contributed by atoms with van der Waals surface area (Å²) in [5.41, 5.74) is 2.48. The SMILES string of the molecule is Cc1ccc(-n2c(O)c(/C=N\NC(=O)COc3cccc(C(F)(F)F)c3)c3ccccc3c2=O)cc1. The number of benzene rings is 3. The predicted octanol–water partition coefficient (Wildman–Crippen LogP) is 4.55. The molecule has 4 aromatic rings. The fraction of sp³-hybridized carbons (Fsp3) is 0.115. The van der Waals surface area contributed by atoms with Crippen LogP contribution < -0.4 is 15.7 Å². The first-order valence-electron chi connectivity index (χ1n) is 10.7. The van der Waals surface area contributed by atoms with E-state index in [0.717, 1.165) is 22.3 Å². The van der Waals surface area contributed by atoms with Crippen molar-refractivity contribution in [2.45, 2.75) is 13.1 Å². The molecule has 7 nitrogen and oxygen atoms in total. The largest absolute Gasteiger partial charge is 0.494 e. The van der Waals surface area contributed by atoms with Gasteiger partial charge in [-0.15, -0.1) is 0 Å². The third-order valence-corrected chi connectivity index (χ3v) is 5.31. The van der Waals surface area contributed by atoms with Gasteiger partial charge in [-0.25, -0.2) is 9.99 Å². The summed E-state index contributed by atoms with van der Waals surface area (Å²) in [6.45, 7) is 1.30. The molecule has 0 aliphatic heterocycles. The molecule has 1 heterocycles. The lowest BCUT2D eigenvalue weighted by atomic mass is 10.1. The Bertz CT molecular complexity index is 1510. The van der Waals surface area contributed by atoms with Crippen LogP contribution in [0.1, 0.15) is 16.7 Å². The van der Waals surface area contributed by atoms with Crippen LogP contribution in [0.5, 0.6) is 11.6 Å². The van der Waals surface area contributed by atoms with E-state index in [1.807, 2.05) is 6.92 Å². The number of carbonyl (C=O) groups excluding carboxylic acids is 1. The molecule has 1 aromatic heterocycles. The van der Waals surface area contributed by atoms with E-state index in [4.69, 9.17) is 4.74 Å². The molecule has 1 amide bonds. The molecule has 0 bridgehead atoms. The zero-order valence-corrected chi connectivity index (χ0v) is 18.9. The van der Waals surface area contributed by atoms with Crippen LogP contribution in [0, 0.1) is 6.92 Å². The third kappa shape index (κ3) is 5.22. The van der Waals surface area contributed by atoms with Crippen molar-refractivity contribution >= 4 is 22.9 Å². The highest BCUT2D eigenvalue weighted by atomic mass is 19.4. The molecule has 0 aliphatic rings. The summed E-state index contributed by atoms with van der Waals surface area (Å²) in [6, 6.07) is 17.8. The quantitative estimate of drug-likeness (QED) is 0.303. The monoisotopic (exact) mass is 495 g/mol. The summed E-state index contributed by atoms with van der Waals surface area (Å²) in [6.07, 6.45) is -3.35. The number of hydrogen-bond donors (Lipinski definition) is 2. The smallest absolute Gasteiger partial charge is 0.416 e. The van der Waals surface area contributed by atoms with E-state index in [2.05, 4.69) is 10.5 Å². The Hall–Kier alpha value is -4.60. The molecule has 0 fully saturated rings. The van der Waals surface area contributed by atoms with E-state index >= 15 is 0 Å². The van der Waals surface area contributed by atoms with Crippen LogP contribution in [-0.4, -0.2) is 28.4 Å². The van der Waals surface area contributed by atoms with Gasteiger partial charge in [0.25, 0.3) is 11.5 Å². The second kappa shape index (κ2) is 9.95. The number of aromatic hydroxyl groups is 1. The molecule has 0 radical (unpaired) electrons. The van der Waals surface area contributed by atoms with Crippen molar-refractivity contribution in [1.29, 1.82) is 0 Å². The standard InChI is InChI=1S/C26H20F3N3O4/c1-16-9-11-18(12-10-16)32-24(34)21-8-3-2-7-20(21)22(25(32)35)14-30-31-23(33)15-36-19-6-4-5-17(13-19)26(27,28)29/h2-14,35H,15H2,1H3,(H,31,33)/b30-14-. The highest BCUT2D eigenvalue weighted by Crippen LogP contribution is 2.31. The first-order chi connectivity index (χ1) is 17.1. The minimum atomic E-state index is -4.54. The van der Waals surface area contributed by atoms with Gasteiger partial charge in [0, 0.05) is 10.8 Å². The molecule has 184 valence electrons. The number of alkyl halides is 3. The number of aryl methyl sites for hydroxylation is 1. The Kier molecular flexibility index (Phi) is 6.77. The van der Waals surface area contributed by atoms with E-state index in [-0.39, 0.29) is 17.2 Å². The van der Waals surface area contributed by atoms with Gasteiger partial charge >= 0.3 is 6.18 Å². The first-order valence-corrected chi connectivity index (χ1v) is 10.7. The van der Waals surface area contributed by atoms with Crippen LogP contribution in [0.3, 0.4) is 0 Å². The third-order valence-electron chi connectivity index (χ3n) is 5.31. The summed E-state index contributed by atoms with van der Waals surface area (Å²) in [5.74, 6) is -1.24. The second-order valence-corrected chi connectivity index (χ2v) is 7.87. The number of halogens is 3. The Morgan fingerprint density at radius 1 is 1.06 bits per heavy atom. The average molecular weight is 495 g/mol. The molecular formula is C26H20F3N3O4. The minimum Gasteiger partial charge on any atom is -0.494 e. The lowest BCUT2D eigenvalue weighted by Crippen LogP contribution is -2.25. The Labute approximate surface area is 203 Å². The van der Waals surface area contributed by atoms with Crippen molar-refractivity contribution in [2.75, 3.05) is 6.61 Å². The number of carbonyl (C=O) groups is 1. The van der Waals surface area contributed by atoms with Gasteiger partial charge in [-0.3, -0.25) is 9.59 Å². The topological polar surface area (TPSA) is 92.9 Å². The van der Waals surface area contributed by atoms with Crippen LogP contribution in [0.15, 0.2) is 82.7 Å². The van der Waals surface area contributed by atoms with E-state index in [1.165, 1.54) is 18.3 Å². The molecule has 0 atom stereocenters. The summed E-state index contributed by atoms with van der Waals surface area (Å²) in [5, 5.41) is 15.5. The molecule has 0 saturated carbocycles. The minimum absolute atomic E-state index is 0.127. The molecular weight excluding hydrogens is 475 g/mol. The van der Waals surface area contributed by atoms with Gasteiger partial charge in [-0.2, -0.15) is 18.3 Å². The molecule has 0 unspecified atom stereocenters. The van der Waals surface area contributed by atoms with E-state index < -0.39 is 29.8 Å². The van der Waals surface area contributed by atoms with Crippen LogP contribution in [0.4, 0.5) is 13.2 Å². The fourth-order valence-electron chi connectivity index (χ4n) is 3.53. The Morgan fingerprint density at radius 3 is 2.44 bits per heavy atom. The number of hydrogen-bond acceptors (Lipinski definition) is 5. The Balaban J connectivity index is 1.56. The van der Waals surface area contributed by atoms with Crippen molar-refractivity contribution in [3.63, 3.8) is 0 Å². The second-order valence-electron chi connectivity index (χ2n) is 7.87. The maximum absolute atomic E-state index is 13.1. The number of amides is 1. The average Bonchev–Trinajstić information content (AvgIpc) is 2.85. The fourth-order valence-corrected chi connectivity index (χ4v) is 3.53. The number of ether oxygens (including phenoxy) is 1. The number of nitrogens with zero attached hydrogens (tertiary/aromatic N) is 2. The van der Waals surface area contributed by atoms with Crippen LogP contribution in [0.2, 0.25) is 0 Å². The van der Waals surface area contributed by atoms with Gasteiger partial charge in [0.15, 0.2) is 6.61 Å². The molecule has 0 spiro atoms. The number of aromatic nitrogens is 1. The van der Waals surface area contributed by atoms with Crippen molar-refractivity contribution in [2.24, 2.45) is 5.10 Å². The zero-order valence-electron chi connectivity index (χ0n) is 18.9.